The van der Waals surface area contributed by atoms with Gasteiger partial charge in [0.2, 0.25) is 0 Å². The van der Waals surface area contributed by atoms with Crippen molar-refractivity contribution in [1.29, 1.82) is 0 Å². The average Bonchev–Trinajstić information content (AvgIpc) is 3.28. The number of nitrogens with zero attached hydrogens (tertiary/aromatic N) is 4. The Kier molecular flexibility index (Phi) is 40.4. The molecule has 0 bridgehead atoms. The topological polar surface area (TPSA) is 226 Å². The Morgan fingerprint density at radius 2 is 0.300 bits per heavy atom. The van der Waals surface area contributed by atoms with Gasteiger partial charge in [0.1, 0.15) is 0 Å². The fourth-order valence-corrected chi connectivity index (χ4v) is 17.0. The minimum absolute atomic E-state index is 0.0860. The van der Waals surface area contributed by atoms with Crippen LogP contribution in [-0.2, 0) is 81.7 Å². The molecule has 0 fully saturated rings. The lowest BCUT2D eigenvalue weighted by Gasteiger charge is -2.33. The summed E-state index contributed by atoms with van der Waals surface area (Å²) in [7, 11) is -20.8. The van der Waals surface area contributed by atoms with Crippen LogP contribution in [-0.4, -0.2) is 214 Å². The molecule has 422 valence electrons. The summed E-state index contributed by atoms with van der Waals surface area (Å²) in [5.74, 6) is 0. The largest absolute Gasteiger partial charge is 0.331 e. The van der Waals surface area contributed by atoms with E-state index in [1.807, 2.05) is 14.7 Å². The highest BCUT2D eigenvalue weighted by Crippen LogP contribution is 2.52. The van der Waals surface area contributed by atoms with Gasteiger partial charge in [-0.3, -0.25) is 32.3 Å². The summed E-state index contributed by atoms with van der Waals surface area (Å²) in [6, 6.07) is 0. The molecule has 0 aromatic carbocycles. The van der Waals surface area contributed by atoms with Crippen LogP contribution in [0.15, 0.2) is 0 Å². The first-order chi connectivity index (χ1) is 33.2. The molecule has 0 rings (SSSR count). The highest BCUT2D eigenvalue weighted by atomic mass is 31.2. The zero-order chi connectivity index (χ0) is 53.0. The van der Waals surface area contributed by atoms with Crippen LogP contribution in [0.25, 0.3) is 0 Å². The maximum Gasteiger partial charge on any atom is 0.331 e. The predicted molar refractivity (Wildman–Crippen MR) is 280 cm³/mol. The molecule has 0 amide bonds. The fraction of sp³-hybridized carbons (Fsp3) is 1.00. The van der Waals surface area contributed by atoms with Gasteiger partial charge in [0.25, 0.3) is 0 Å². The summed E-state index contributed by atoms with van der Waals surface area (Å²) < 4.78 is 150. The molecular weight excluding hydrogens is 1030 g/mol. The zero-order valence-electron chi connectivity index (χ0n) is 45.0. The van der Waals surface area contributed by atoms with Gasteiger partial charge in [-0.1, -0.05) is 0 Å². The average molecular weight is 1130 g/mol. The van der Waals surface area contributed by atoms with Crippen LogP contribution in [0.5, 0.6) is 0 Å². The molecule has 0 aliphatic carbocycles. The fourth-order valence-electron chi connectivity index (χ4n) is 7.13. The molecule has 0 spiro atoms. The monoisotopic (exact) mass is 1130 g/mol. The lowest BCUT2D eigenvalue weighted by molar-refractivity contribution is 0.157. The van der Waals surface area contributed by atoms with Gasteiger partial charge in [-0.2, -0.15) is 0 Å². The standard InChI is InChI=1S/C42H96N4O18P6/c1-13-53-65(47,54-14-2)37-31-44(32-38-66(48,55-15-3)56-16-4)28-25-43(26-29-45(33-39-67(49,57-17-5)58-18-6)34-40-68(50,59-19-7)60-20-8)27-30-46(35-41-69(51,61-21-9)62-22-10)36-42-70(52,63-23-11)64-24-12/h13-42H2,1-12H3. The van der Waals surface area contributed by atoms with Crippen molar-refractivity contribution in [1.82, 2.24) is 19.6 Å². The lowest BCUT2D eigenvalue weighted by Crippen LogP contribution is -2.45. The van der Waals surface area contributed by atoms with Crippen molar-refractivity contribution in [2.75, 3.05) is 195 Å². The maximum atomic E-state index is 13.7. The highest BCUT2D eigenvalue weighted by Gasteiger charge is 2.32. The second-order valence-electron chi connectivity index (χ2n) is 15.4. The molecular formula is C42H96N4O18P6. The molecule has 0 aliphatic rings. The third kappa shape index (κ3) is 31.7. The molecule has 0 atom stereocenters. The van der Waals surface area contributed by atoms with Gasteiger partial charge in [0.05, 0.1) is 116 Å². The molecule has 0 saturated carbocycles. The molecule has 0 aromatic heterocycles. The van der Waals surface area contributed by atoms with Gasteiger partial charge in [-0.25, -0.2) is 0 Å². The molecule has 70 heavy (non-hydrogen) atoms. The smallest absolute Gasteiger partial charge is 0.309 e. The van der Waals surface area contributed by atoms with E-state index in [2.05, 4.69) is 4.90 Å². The predicted octanol–water partition coefficient (Wildman–Crippen LogP) is 9.79. The minimum Gasteiger partial charge on any atom is -0.309 e. The van der Waals surface area contributed by atoms with Gasteiger partial charge >= 0.3 is 45.6 Å². The van der Waals surface area contributed by atoms with Crippen molar-refractivity contribution >= 4 is 45.6 Å². The molecule has 0 aliphatic heterocycles. The van der Waals surface area contributed by atoms with Crippen molar-refractivity contribution in [3.05, 3.63) is 0 Å². The van der Waals surface area contributed by atoms with Crippen LogP contribution in [0.2, 0.25) is 0 Å². The first-order valence-corrected chi connectivity index (χ1v) is 35.8. The Morgan fingerprint density at radius 1 is 0.200 bits per heavy atom. The number of hydrogen-bond donors (Lipinski definition) is 0. The van der Waals surface area contributed by atoms with Crippen LogP contribution in [0.3, 0.4) is 0 Å². The molecule has 0 radical (unpaired) electrons. The van der Waals surface area contributed by atoms with Crippen molar-refractivity contribution in [3.8, 4) is 0 Å². The first-order valence-electron chi connectivity index (χ1n) is 25.4. The number of hydrogen-bond acceptors (Lipinski definition) is 22. The third-order valence-corrected chi connectivity index (χ3v) is 22.6. The highest BCUT2D eigenvalue weighted by molar-refractivity contribution is 7.55. The van der Waals surface area contributed by atoms with Crippen molar-refractivity contribution in [2.24, 2.45) is 0 Å². The minimum atomic E-state index is -3.46. The molecule has 0 aromatic rings. The van der Waals surface area contributed by atoms with Crippen molar-refractivity contribution < 1.29 is 81.7 Å². The number of rotatable bonds is 51. The Hall–Kier alpha value is 0.740. The molecule has 0 heterocycles. The van der Waals surface area contributed by atoms with Crippen molar-refractivity contribution in [3.63, 3.8) is 0 Å². The van der Waals surface area contributed by atoms with Gasteiger partial charge in [0.15, 0.2) is 0 Å². The van der Waals surface area contributed by atoms with Gasteiger partial charge in [0, 0.05) is 78.5 Å². The van der Waals surface area contributed by atoms with E-state index >= 15 is 0 Å². The van der Waals surface area contributed by atoms with E-state index in [1.54, 1.807) is 83.1 Å². The summed E-state index contributed by atoms with van der Waals surface area (Å²) in [5, 5.41) is 0. The molecule has 0 saturated heterocycles. The molecule has 22 nitrogen and oxygen atoms in total. The quantitative estimate of drug-likeness (QED) is 0.0516. The van der Waals surface area contributed by atoms with E-state index in [9.17, 15) is 27.4 Å². The Morgan fingerprint density at radius 3 is 0.400 bits per heavy atom. The molecule has 0 unspecified atom stereocenters. The third-order valence-electron chi connectivity index (χ3n) is 10.2. The Labute approximate surface area is 423 Å². The lowest BCUT2D eigenvalue weighted by atomic mass is 10.3. The van der Waals surface area contributed by atoms with Crippen LogP contribution >= 0.6 is 45.6 Å². The first kappa shape index (κ1) is 70.7. The van der Waals surface area contributed by atoms with E-state index in [1.165, 1.54) is 0 Å². The van der Waals surface area contributed by atoms with Crippen LogP contribution in [0.4, 0.5) is 0 Å². The van der Waals surface area contributed by atoms with E-state index in [4.69, 9.17) is 54.3 Å². The molecule has 28 heteroatoms. The van der Waals surface area contributed by atoms with Gasteiger partial charge in [-0.15, -0.1) is 0 Å². The summed E-state index contributed by atoms with van der Waals surface area (Å²) in [6.07, 6.45) is 0.516. The van der Waals surface area contributed by atoms with Gasteiger partial charge in [-0.05, 0) is 83.1 Å². The maximum absolute atomic E-state index is 13.7. The molecule has 0 N–H and O–H groups in total. The Bertz CT molecular complexity index is 1280. The second-order valence-corrected chi connectivity index (χ2v) is 28.5. The van der Waals surface area contributed by atoms with Crippen LogP contribution in [0.1, 0.15) is 83.1 Å². The van der Waals surface area contributed by atoms with Crippen molar-refractivity contribution in [2.45, 2.75) is 83.1 Å². The van der Waals surface area contributed by atoms with Crippen LogP contribution in [0, 0.1) is 0 Å². The summed E-state index contributed by atoms with van der Waals surface area (Å²) in [4.78, 5) is 8.34. The van der Waals surface area contributed by atoms with Crippen LogP contribution < -0.4 is 0 Å². The van der Waals surface area contributed by atoms with Gasteiger partial charge < -0.3 is 69.0 Å². The SMILES string of the molecule is CCOP(=O)(CCN(CCN(CCN(CCP(=O)(OCC)OCC)CCP(=O)(OCC)OCC)CCN(CCP(=O)(OCC)OCC)CCP(=O)(OCC)OCC)CCP(=O)(OCC)OCC)OCC. The van der Waals surface area contributed by atoms with E-state index in [0.29, 0.717) is 39.3 Å². The Balaban J connectivity index is 7.30. The zero-order valence-corrected chi connectivity index (χ0v) is 50.4. The second kappa shape index (κ2) is 40.0. The van der Waals surface area contributed by atoms with E-state index < -0.39 is 45.6 Å². The van der Waals surface area contributed by atoms with E-state index in [-0.39, 0.29) is 156 Å². The van der Waals surface area contributed by atoms with E-state index in [0.717, 1.165) is 0 Å². The summed E-state index contributed by atoms with van der Waals surface area (Å²) in [5.41, 5.74) is 0. The summed E-state index contributed by atoms with van der Waals surface area (Å²) in [6.45, 7) is 27.8. The summed E-state index contributed by atoms with van der Waals surface area (Å²) >= 11 is 0. The normalized spacial score (nSPS) is 13.5.